The van der Waals surface area contributed by atoms with Gasteiger partial charge in [-0.3, -0.25) is 39.6 Å². The first kappa shape index (κ1) is 22.5. The number of nitrogens with zero attached hydrogens (tertiary/aromatic N) is 4. The first-order chi connectivity index (χ1) is 16.6. The van der Waals surface area contributed by atoms with Gasteiger partial charge in [0, 0.05) is 38.6 Å². The van der Waals surface area contributed by atoms with Crippen molar-refractivity contribution >= 4 is 35.4 Å². The van der Waals surface area contributed by atoms with Crippen molar-refractivity contribution in [2.24, 2.45) is 17.5 Å². The monoisotopic (exact) mass is 481 g/mol. The van der Waals surface area contributed by atoms with Gasteiger partial charge in [-0.2, -0.15) is 0 Å². The van der Waals surface area contributed by atoms with Gasteiger partial charge >= 0.3 is 11.7 Å². The number of carbonyl (C=O) groups is 3. The zero-order valence-corrected chi connectivity index (χ0v) is 19.0. The van der Waals surface area contributed by atoms with Crippen LogP contribution in [0.2, 0.25) is 0 Å². The highest BCUT2D eigenvalue weighted by atomic mass is 16.3. The molecule has 0 saturated carbocycles. The Kier molecular flexibility index (Phi) is 5.09. The number of barbiturate groups is 1. The predicted octanol–water partition coefficient (Wildman–Crippen LogP) is -1.44. The van der Waals surface area contributed by atoms with Crippen LogP contribution in [0.3, 0.4) is 0 Å². The summed E-state index contributed by atoms with van der Waals surface area (Å²) in [6.07, 6.45) is 1.20. The number of benzene rings is 1. The number of aromatic hydroxyl groups is 1. The Labute approximate surface area is 198 Å². The lowest BCUT2D eigenvalue weighted by Crippen LogP contribution is -2.74. The Morgan fingerprint density at radius 3 is 2.51 bits per heavy atom. The number of aromatic nitrogens is 2. The zero-order valence-electron chi connectivity index (χ0n) is 19.0. The van der Waals surface area contributed by atoms with Gasteiger partial charge in [-0.25, -0.2) is 9.59 Å². The Morgan fingerprint density at radius 2 is 1.80 bits per heavy atom. The van der Waals surface area contributed by atoms with Crippen molar-refractivity contribution in [3.8, 4) is 5.88 Å². The number of piperazine rings is 1. The van der Waals surface area contributed by atoms with Crippen LogP contribution in [0.15, 0.2) is 32.8 Å². The van der Waals surface area contributed by atoms with Crippen molar-refractivity contribution in [3.63, 3.8) is 0 Å². The maximum Gasteiger partial charge on any atom is 0.330 e. The minimum absolute atomic E-state index is 0.0529. The Balaban J connectivity index is 1.57. The minimum Gasteiger partial charge on any atom is -0.494 e. The molecule has 4 heterocycles. The number of fused-ring (bicyclic) bond motifs is 4. The molecule has 0 aliphatic carbocycles. The second kappa shape index (κ2) is 7.91. The van der Waals surface area contributed by atoms with E-state index in [9.17, 15) is 29.1 Å². The van der Waals surface area contributed by atoms with Gasteiger partial charge < -0.3 is 14.9 Å². The fourth-order valence-corrected chi connectivity index (χ4v) is 5.03. The van der Waals surface area contributed by atoms with Gasteiger partial charge in [0.1, 0.15) is 5.56 Å². The number of anilines is 1. The molecule has 5 rings (SSSR count). The van der Waals surface area contributed by atoms with Crippen molar-refractivity contribution in [1.29, 1.82) is 0 Å². The molecular formula is C22H23N7O6. The number of H-pyrrole nitrogens is 1. The number of urea groups is 1. The number of carbonyl (C=O) groups excluding carboxylic acids is 3. The van der Waals surface area contributed by atoms with Crippen LogP contribution >= 0.6 is 0 Å². The Bertz CT molecular complexity index is 1400. The SMILES string of the molecule is CN1CCN2c3ccc(N=Cc4c(O)n(C)c(=O)[nH]c4=O)cc3CC3(C(=O)NC(=O)NC3=O)C2C1. The van der Waals surface area contributed by atoms with Gasteiger partial charge in [0.25, 0.3) is 5.56 Å². The summed E-state index contributed by atoms with van der Waals surface area (Å²) in [7, 11) is 3.22. The molecular weight excluding hydrogens is 458 g/mol. The lowest BCUT2D eigenvalue weighted by Gasteiger charge is -2.53. The Morgan fingerprint density at radius 1 is 1.09 bits per heavy atom. The van der Waals surface area contributed by atoms with Crippen molar-refractivity contribution < 1.29 is 19.5 Å². The van der Waals surface area contributed by atoms with E-state index in [1.807, 2.05) is 22.9 Å². The molecule has 1 atom stereocenters. The summed E-state index contributed by atoms with van der Waals surface area (Å²) < 4.78 is 0.883. The van der Waals surface area contributed by atoms with Crippen LogP contribution in [0.1, 0.15) is 11.1 Å². The van der Waals surface area contributed by atoms with E-state index in [1.165, 1.54) is 7.05 Å². The van der Waals surface area contributed by atoms with Crippen LogP contribution in [-0.2, 0) is 23.1 Å². The first-order valence-electron chi connectivity index (χ1n) is 10.9. The fraction of sp³-hybridized carbons (Fsp3) is 0.364. The number of hydrogen-bond donors (Lipinski definition) is 4. The molecule has 0 radical (unpaired) electrons. The van der Waals surface area contributed by atoms with Gasteiger partial charge in [0.15, 0.2) is 5.41 Å². The molecule has 2 fully saturated rings. The number of hydrogen-bond acceptors (Lipinski definition) is 9. The normalized spacial score (nSPS) is 21.6. The van der Waals surface area contributed by atoms with Crippen molar-refractivity contribution in [1.82, 2.24) is 25.1 Å². The van der Waals surface area contributed by atoms with Gasteiger partial charge in [-0.1, -0.05) is 0 Å². The molecule has 13 nitrogen and oxygen atoms in total. The lowest BCUT2D eigenvalue weighted by atomic mass is 9.68. The molecule has 0 bridgehead atoms. The lowest BCUT2D eigenvalue weighted by molar-refractivity contribution is -0.147. The highest BCUT2D eigenvalue weighted by Crippen LogP contribution is 2.45. The molecule has 2 saturated heterocycles. The summed E-state index contributed by atoms with van der Waals surface area (Å²) in [5.41, 5.74) is -1.30. The van der Waals surface area contributed by atoms with E-state index < -0.39 is 46.4 Å². The third-order valence-electron chi connectivity index (χ3n) is 6.93. The highest BCUT2D eigenvalue weighted by molar-refractivity contribution is 6.20. The second-order valence-electron chi connectivity index (χ2n) is 8.98. The summed E-state index contributed by atoms with van der Waals surface area (Å²) in [6, 6.07) is 3.94. The van der Waals surface area contributed by atoms with E-state index in [1.54, 1.807) is 12.1 Å². The summed E-state index contributed by atoms with van der Waals surface area (Å²) in [5.74, 6) is -1.81. The van der Waals surface area contributed by atoms with Crippen molar-refractivity contribution in [2.75, 3.05) is 31.6 Å². The standard InChI is InChI=1S/C22H23N7O6/c1-27-5-6-29-14-4-3-12(23-9-13-16(30)24-21(35)28(2)17(13)31)7-11(14)8-22(15(29)10-27)18(32)25-20(34)26-19(22)33/h3-4,7,9,15,31H,5-6,8,10H2,1-2H3,(H,24,30,35)(H2,25,26,32,33,34). The summed E-state index contributed by atoms with van der Waals surface area (Å²) in [5, 5.41) is 14.7. The third kappa shape index (κ3) is 3.43. The number of likely N-dealkylation sites (N-methyl/N-ethyl adjacent to an activating group) is 1. The van der Waals surface area contributed by atoms with Gasteiger partial charge in [-0.05, 0) is 37.2 Å². The largest absolute Gasteiger partial charge is 0.494 e. The van der Waals surface area contributed by atoms with Crippen molar-refractivity contribution in [2.45, 2.75) is 12.5 Å². The van der Waals surface area contributed by atoms with Gasteiger partial charge in [0.2, 0.25) is 17.7 Å². The third-order valence-corrected chi connectivity index (χ3v) is 6.93. The molecule has 3 aliphatic rings. The molecule has 35 heavy (non-hydrogen) atoms. The van der Waals surface area contributed by atoms with Gasteiger partial charge in [-0.15, -0.1) is 0 Å². The first-order valence-corrected chi connectivity index (χ1v) is 10.9. The number of nitrogens with one attached hydrogen (secondary N) is 3. The van der Waals surface area contributed by atoms with Crippen LogP contribution in [0, 0.1) is 5.41 Å². The average Bonchev–Trinajstić information content (AvgIpc) is 2.80. The molecule has 1 aromatic carbocycles. The van der Waals surface area contributed by atoms with Crippen LogP contribution in [0.25, 0.3) is 0 Å². The quantitative estimate of drug-likeness (QED) is 0.299. The molecule has 13 heteroatoms. The van der Waals surface area contributed by atoms with Crippen LogP contribution in [0.5, 0.6) is 5.88 Å². The smallest absolute Gasteiger partial charge is 0.330 e. The predicted molar refractivity (Wildman–Crippen MR) is 124 cm³/mol. The summed E-state index contributed by atoms with van der Waals surface area (Å²) in [4.78, 5) is 72.2. The second-order valence-corrected chi connectivity index (χ2v) is 8.98. The molecule has 4 amide bonds. The van der Waals surface area contributed by atoms with Crippen LogP contribution in [0.4, 0.5) is 16.2 Å². The van der Waals surface area contributed by atoms with Crippen molar-refractivity contribution in [3.05, 3.63) is 50.2 Å². The van der Waals surface area contributed by atoms with E-state index >= 15 is 0 Å². The highest BCUT2D eigenvalue weighted by Gasteiger charge is 2.60. The van der Waals surface area contributed by atoms with E-state index in [0.717, 1.165) is 23.0 Å². The zero-order chi connectivity index (χ0) is 25.1. The minimum atomic E-state index is -1.51. The topological polar surface area (TPSA) is 169 Å². The summed E-state index contributed by atoms with van der Waals surface area (Å²) in [6.45, 7) is 1.76. The number of aromatic amines is 1. The fourth-order valence-electron chi connectivity index (χ4n) is 5.03. The molecule has 1 spiro atoms. The summed E-state index contributed by atoms with van der Waals surface area (Å²) >= 11 is 0. The number of aliphatic imine (C=N–C) groups is 1. The van der Waals surface area contributed by atoms with Gasteiger partial charge in [0.05, 0.1) is 11.7 Å². The molecule has 3 aliphatic heterocycles. The number of imide groups is 2. The molecule has 182 valence electrons. The number of rotatable bonds is 2. The Hall–Kier alpha value is -4.26. The maximum absolute atomic E-state index is 13.1. The molecule has 2 aromatic rings. The maximum atomic E-state index is 13.1. The van der Waals surface area contributed by atoms with Crippen LogP contribution in [-0.4, -0.2) is 76.3 Å². The molecule has 4 N–H and O–H groups in total. The average molecular weight is 481 g/mol. The molecule has 1 aromatic heterocycles. The molecule has 1 unspecified atom stereocenters. The van der Waals surface area contributed by atoms with E-state index in [-0.39, 0.29) is 12.0 Å². The number of amides is 4. The van der Waals surface area contributed by atoms with E-state index in [4.69, 9.17) is 0 Å². The van der Waals surface area contributed by atoms with E-state index in [0.29, 0.717) is 24.3 Å². The van der Waals surface area contributed by atoms with Crippen LogP contribution < -0.4 is 26.8 Å². The van der Waals surface area contributed by atoms with E-state index in [2.05, 4.69) is 20.6 Å².